The lowest BCUT2D eigenvalue weighted by molar-refractivity contribution is -0.0267. The number of aromatic amines is 1. The highest BCUT2D eigenvalue weighted by molar-refractivity contribution is 6.07. The number of amides is 1. The minimum absolute atomic E-state index is 0.0741. The van der Waals surface area contributed by atoms with Crippen molar-refractivity contribution >= 4 is 16.8 Å². The standard InChI is InChI=1S/C21H19N7O2/c1-13-4-5-17-15(9-13)16(10-18(23-17)14-3-2-6-22-11-14)21(29)28-7-8-30-19(12-28)20-24-26-27-25-20/h2-6,9-11,19H,7-8,12H2,1H3,(H,24,25,26,27). The first kappa shape index (κ1) is 18.3. The lowest BCUT2D eigenvalue weighted by atomic mass is 10.0. The molecule has 0 aliphatic carbocycles. The summed E-state index contributed by atoms with van der Waals surface area (Å²) >= 11 is 0. The van der Waals surface area contributed by atoms with E-state index >= 15 is 0 Å². The molecular weight excluding hydrogens is 382 g/mol. The van der Waals surface area contributed by atoms with E-state index < -0.39 is 6.10 Å². The number of ether oxygens (including phenoxy) is 1. The van der Waals surface area contributed by atoms with E-state index in [2.05, 4.69) is 25.6 Å². The van der Waals surface area contributed by atoms with Crippen LogP contribution in [0, 0.1) is 6.92 Å². The maximum atomic E-state index is 13.6. The Morgan fingerprint density at radius 3 is 3.00 bits per heavy atom. The van der Waals surface area contributed by atoms with Gasteiger partial charge in [0, 0.05) is 29.9 Å². The van der Waals surface area contributed by atoms with Crippen LogP contribution in [0.4, 0.5) is 0 Å². The van der Waals surface area contributed by atoms with Crippen LogP contribution < -0.4 is 0 Å². The number of nitrogens with one attached hydrogen (secondary N) is 1. The summed E-state index contributed by atoms with van der Waals surface area (Å²) in [7, 11) is 0. The number of pyridine rings is 2. The molecule has 9 heteroatoms. The van der Waals surface area contributed by atoms with Crippen LogP contribution in [0.25, 0.3) is 22.2 Å². The van der Waals surface area contributed by atoms with Crippen molar-refractivity contribution in [1.29, 1.82) is 0 Å². The molecule has 1 atom stereocenters. The minimum Gasteiger partial charge on any atom is -0.366 e. The van der Waals surface area contributed by atoms with Gasteiger partial charge in [-0.05, 0) is 37.3 Å². The summed E-state index contributed by atoms with van der Waals surface area (Å²) < 4.78 is 5.74. The molecule has 4 heterocycles. The Hall–Kier alpha value is -3.72. The number of nitrogens with zero attached hydrogens (tertiary/aromatic N) is 6. The zero-order valence-electron chi connectivity index (χ0n) is 16.3. The van der Waals surface area contributed by atoms with Crippen LogP contribution in [0.2, 0.25) is 0 Å². The Bertz CT molecular complexity index is 1190. The highest BCUT2D eigenvalue weighted by atomic mass is 16.5. The van der Waals surface area contributed by atoms with E-state index in [4.69, 9.17) is 9.72 Å². The Kier molecular flexibility index (Phi) is 4.64. The van der Waals surface area contributed by atoms with E-state index in [0.717, 1.165) is 22.0 Å². The molecule has 1 aliphatic rings. The van der Waals surface area contributed by atoms with Crippen molar-refractivity contribution in [3.8, 4) is 11.3 Å². The molecule has 3 aromatic heterocycles. The third-order valence-electron chi connectivity index (χ3n) is 5.16. The van der Waals surface area contributed by atoms with Crippen molar-refractivity contribution in [2.45, 2.75) is 13.0 Å². The summed E-state index contributed by atoms with van der Waals surface area (Å²) in [6, 6.07) is 11.6. The van der Waals surface area contributed by atoms with Gasteiger partial charge in [-0.2, -0.15) is 5.21 Å². The molecule has 5 rings (SSSR count). The predicted octanol–water partition coefficient (Wildman–Crippen LogP) is 2.33. The summed E-state index contributed by atoms with van der Waals surface area (Å²) in [5.74, 6) is 0.369. The highest BCUT2D eigenvalue weighted by Crippen LogP contribution is 2.28. The smallest absolute Gasteiger partial charge is 0.254 e. The van der Waals surface area contributed by atoms with E-state index in [-0.39, 0.29) is 5.91 Å². The number of aryl methyl sites for hydroxylation is 1. The second-order valence-corrected chi connectivity index (χ2v) is 7.20. The molecule has 0 saturated carbocycles. The first-order valence-electron chi connectivity index (χ1n) is 9.65. The fourth-order valence-electron chi connectivity index (χ4n) is 3.64. The average molecular weight is 401 g/mol. The maximum absolute atomic E-state index is 13.6. The van der Waals surface area contributed by atoms with E-state index in [1.165, 1.54) is 0 Å². The van der Waals surface area contributed by atoms with Gasteiger partial charge >= 0.3 is 0 Å². The van der Waals surface area contributed by atoms with Gasteiger partial charge in [0.05, 0.1) is 29.9 Å². The first-order chi connectivity index (χ1) is 14.7. The third-order valence-corrected chi connectivity index (χ3v) is 5.16. The van der Waals surface area contributed by atoms with Crippen molar-refractivity contribution in [2.75, 3.05) is 19.7 Å². The molecule has 30 heavy (non-hydrogen) atoms. The van der Waals surface area contributed by atoms with Gasteiger partial charge in [0.15, 0.2) is 0 Å². The molecule has 1 N–H and O–H groups in total. The average Bonchev–Trinajstić information content (AvgIpc) is 3.34. The SMILES string of the molecule is Cc1ccc2nc(-c3cccnc3)cc(C(=O)N3CCOC(c4nn[nH]n4)C3)c2c1. The molecule has 0 bridgehead atoms. The monoisotopic (exact) mass is 401 g/mol. The molecule has 0 spiro atoms. The zero-order valence-corrected chi connectivity index (χ0v) is 16.3. The Morgan fingerprint density at radius 2 is 2.20 bits per heavy atom. The summed E-state index contributed by atoms with van der Waals surface area (Å²) in [4.78, 5) is 24.3. The lowest BCUT2D eigenvalue weighted by Gasteiger charge is -2.31. The van der Waals surface area contributed by atoms with Gasteiger partial charge in [0.2, 0.25) is 5.82 Å². The fraction of sp³-hybridized carbons (Fsp3) is 0.238. The predicted molar refractivity (Wildman–Crippen MR) is 108 cm³/mol. The van der Waals surface area contributed by atoms with E-state index in [1.807, 2.05) is 43.3 Å². The highest BCUT2D eigenvalue weighted by Gasteiger charge is 2.29. The van der Waals surface area contributed by atoms with E-state index in [0.29, 0.717) is 36.8 Å². The molecule has 1 amide bonds. The molecule has 1 fully saturated rings. The number of tetrazole rings is 1. The normalized spacial score (nSPS) is 16.7. The van der Waals surface area contributed by atoms with Crippen LogP contribution in [-0.4, -0.2) is 61.1 Å². The van der Waals surface area contributed by atoms with Crippen molar-refractivity contribution < 1.29 is 9.53 Å². The maximum Gasteiger partial charge on any atom is 0.254 e. The molecule has 4 aromatic rings. The number of carbonyl (C=O) groups excluding carboxylic acids is 1. The molecule has 1 unspecified atom stereocenters. The molecule has 1 aromatic carbocycles. The largest absolute Gasteiger partial charge is 0.366 e. The van der Waals surface area contributed by atoms with Gasteiger partial charge in [-0.25, -0.2) is 4.98 Å². The lowest BCUT2D eigenvalue weighted by Crippen LogP contribution is -2.42. The van der Waals surface area contributed by atoms with Crippen LogP contribution in [0.1, 0.15) is 27.8 Å². The molecule has 1 saturated heterocycles. The quantitative estimate of drug-likeness (QED) is 0.561. The summed E-state index contributed by atoms with van der Waals surface area (Å²) in [6.07, 6.45) is 3.05. The van der Waals surface area contributed by atoms with Gasteiger partial charge in [0.25, 0.3) is 5.91 Å². The number of morpholine rings is 1. The van der Waals surface area contributed by atoms with Gasteiger partial charge in [-0.15, -0.1) is 10.2 Å². The fourth-order valence-corrected chi connectivity index (χ4v) is 3.64. The number of carbonyl (C=O) groups is 1. The van der Waals surface area contributed by atoms with Crippen LogP contribution in [-0.2, 0) is 4.74 Å². The van der Waals surface area contributed by atoms with Crippen molar-refractivity contribution in [3.05, 3.63) is 65.7 Å². The molecular formula is C21H19N7O2. The number of H-pyrrole nitrogens is 1. The summed E-state index contributed by atoms with van der Waals surface area (Å²) in [5.41, 5.74) is 4.02. The summed E-state index contributed by atoms with van der Waals surface area (Å²) in [6.45, 7) is 3.26. The number of rotatable bonds is 3. The van der Waals surface area contributed by atoms with E-state index in [1.54, 1.807) is 17.3 Å². The number of aromatic nitrogens is 6. The number of hydrogen-bond acceptors (Lipinski definition) is 7. The van der Waals surface area contributed by atoms with Gasteiger partial charge in [0.1, 0.15) is 6.10 Å². The van der Waals surface area contributed by atoms with Gasteiger partial charge in [-0.3, -0.25) is 9.78 Å². The molecule has 0 radical (unpaired) electrons. The Labute approximate surface area is 172 Å². The van der Waals surface area contributed by atoms with Gasteiger partial charge < -0.3 is 9.64 Å². The number of hydrogen-bond donors (Lipinski definition) is 1. The van der Waals surface area contributed by atoms with Crippen LogP contribution >= 0.6 is 0 Å². The third kappa shape index (κ3) is 3.39. The molecule has 150 valence electrons. The van der Waals surface area contributed by atoms with Crippen LogP contribution in [0.5, 0.6) is 0 Å². The first-order valence-corrected chi connectivity index (χ1v) is 9.65. The second kappa shape index (κ2) is 7.60. The van der Waals surface area contributed by atoms with E-state index in [9.17, 15) is 4.79 Å². The molecule has 1 aliphatic heterocycles. The van der Waals surface area contributed by atoms with Gasteiger partial charge in [-0.1, -0.05) is 16.8 Å². The van der Waals surface area contributed by atoms with Crippen molar-refractivity contribution in [1.82, 2.24) is 35.5 Å². The minimum atomic E-state index is -0.408. The molecule has 9 nitrogen and oxygen atoms in total. The zero-order chi connectivity index (χ0) is 20.5. The topological polar surface area (TPSA) is 110 Å². The Balaban J connectivity index is 1.56. The van der Waals surface area contributed by atoms with Crippen molar-refractivity contribution in [3.63, 3.8) is 0 Å². The summed E-state index contributed by atoms with van der Waals surface area (Å²) in [5, 5.41) is 14.8. The van der Waals surface area contributed by atoms with Crippen LogP contribution in [0.3, 0.4) is 0 Å². The second-order valence-electron chi connectivity index (χ2n) is 7.20. The number of benzene rings is 1. The van der Waals surface area contributed by atoms with Crippen molar-refractivity contribution in [2.24, 2.45) is 0 Å². The Morgan fingerprint density at radius 1 is 1.27 bits per heavy atom. The van der Waals surface area contributed by atoms with Crippen LogP contribution in [0.15, 0.2) is 48.8 Å². The number of fused-ring (bicyclic) bond motifs is 1.